The highest BCUT2D eigenvalue weighted by Crippen LogP contribution is 2.30. The van der Waals surface area contributed by atoms with Gasteiger partial charge in [-0.1, -0.05) is 30.7 Å². The molecule has 1 aromatic rings. The van der Waals surface area contributed by atoms with Gasteiger partial charge in [0.05, 0.1) is 19.2 Å². The maximum Gasteiger partial charge on any atom is 0.226 e. The highest BCUT2D eigenvalue weighted by atomic mass is 35.5. The van der Waals surface area contributed by atoms with Crippen LogP contribution >= 0.6 is 12.4 Å². The zero-order chi connectivity index (χ0) is 16.6. The molecule has 5 heteroatoms. The lowest BCUT2D eigenvalue weighted by Crippen LogP contribution is -2.55. The summed E-state index contributed by atoms with van der Waals surface area (Å²) in [6, 6.07) is 6.61. The van der Waals surface area contributed by atoms with Gasteiger partial charge in [0.1, 0.15) is 6.10 Å². The topological polar surface area (TPSA) is 41.6 Å². The Morgan fingerprint density at radius 2 is 2.04 bits per heavy atom. The van der Waals surface area contributed by atoms with Crippen LogP contribution < -0.4 is 5.32 Å². The highest BCUT2D eigenvalue weighted by Gasteiger charge is 2.37. The van der Waals surface area contributed by atoms with E-state index in [1.54, 1.807) is 0 Å². The first-order valence-electron chi connectivity index (χ1n) is 8.67. The van der Waals surface area contributed by atoms with Gasteiger partial charge in [-0.05, 0) is 50.9 Å². The molecular weight excluding hydrogens is 324 g/mol. The standard InChI is InChI=1S/C19H28N2O2.ClH/c1-12-5-6-13(2)17(7-12)18-10-21(14(3)11-23-18)19(22)15(4)16-8-20-9-16;/h5-7,14-16,18,20H,8-11H2,1-4H3;1H. The van der Waals surface area contributed by atoms with Crippen molar-refractivity contribution in [2.45, 2.75) is 39.8 Å². The minimum Gasteiger partial charge on any atom is -0.370 e. The van der Waals surface area contributed by atoms with Crippen LogP contribution in [-0.4, -0.2) is 43.1 Å². The average Bonchev–Trinajstić information content (AvgIpc) is 2.48. The molecule has 2 fully saturated rings. The van der Waals surface area contributed by atoms with Gasteiger partial charge in [0.25, 0.3) is 0 Å². The van der Waals surface area contributed by atoms with Gasteiger partial charge >= 0.3 is 0 Å². The van der Waals surface area contributed by atoms with Crippen molar-refractivity contribution in [2.75, 3.05) is 26.2 Å². The molecule has 2 aliphatic heterocycles. The zero-order valence-corrected chi connectivity index (χ0v) is 15.9. The smallest absolute Gasteiger partial charge is 0.226 e. The second-order valence-corrected chi connectivity index (χ2v) is 7.23. The monoisotopic (exact) mass is 352 g/mol. The number of hydrogen-bond donors (Lipinski definition) is 1. The number of ether oxygens (including phenoxy) is 1. The van der Waals surface area contributed by atoms with E-state index in [9.17, 15) is 4.79 Å². The van der Waals surface area contributed by atoms with Crippen LogP contribution in [0.1, 0.15) is 36.6 Å². The second kappa shape index (κ2) is 7.85. The van der Waals surface area contributed by atoms with E-state index in [2.05, 4.69) is 51.2 Å². The Morgan fingerprint density at radius 1 is 1.33 bits per heavy atom. The number of amides is 1. The number of aryl methyl sites for hydroxylation is 2. The third-order valence-corrected chi connectivity index (χ3v) is 5.41. The maximum absolute atomic E-state index is 12.9. The van der Waals surface area contributed by atoms with Crippen molar-refractivity contribution >= 4 is 18.3 Å². The number of benzene rings is 1. The molecule has 0 aromatic heterocycles. The molecule has 2 aliphatic rings. The summed E-state index contributed by atoms with van der Waals surface area (Å²) < 4.78 is 6.07. The molecule has 0 aliphatic carbocycles. The fraction of sp³-hybridized carbons (Fsp3) is 0.632. The molecule has 0 saturated carbocycles. The molecule has 1 N–H and O–H groups in total. The van der Waals surface area contributed by atoms with Crippen LogP contribution in [0.3, 0.4) is 0 Å². The zero-order valence-electron chi connectivity index (χ0n) is 15.0. The van der Waals surface area contributed by atoms with Crippen molar-refractivity contribution < 1.29 is 9.53 Å². The molecule has 2 heterocycles. The van der Waals surface area contributed by atoms with Crippen LogP contribution in [-0.2, 0) is 9.53 Å². The molecule has 0 spiro atoms. The minimum atomic E-state index is -0.0123. The predicted molar refractivity (Wildman–Crippen MR) is 98.6 cm³/mol. The van der Waals surface area contributed by atoms with E-state index in [0.29, 0.717) is 19.1 Å². The van der Waals surface area contributed by atoms with Crippen LogP contribution in [0.4, 0.5) is 0 Å². The fourth-order valence-electron chi connectivity index (χ4n) is 3.49. The Balaban J connectivity index is 0.00000208. The molecule has 3 unspecified atom stereocenters. The lowest BCUT2D eigenvalue weighted by Gasteiger charge is -2.42. The second-order valence-electron chi connectivity index (χ2n) is 7.23. The molecule has 2 saturated heterocycles. The molecule has 1 aromatic carbocycles. The van der Waals surface area contributed by atoms with Crippen molar-refractivity contribution in [3.63, 3.8) is 0 Å². The van der Waals surface area contributed by atoms with Gasteiger partial charge < -0.3 is 15.0 Å². The minimum absolute atomic E-state index is 0. The molecule has 0 bridgehead atoms. The van der Waals surface area contributed by atoms with Gasteiger partial charge in [-0.2, -0.15) is 0 Å². The third-order valence-electron chi connectivity index (χ3n) is 5.41. The maximum atomic E-state index is 12.9. The van der Waals surface area contributed by atoms with E-state index < -0.39 is 0 Å². The Bertz CT molecular complexity index is 589. The van der Waals surface area contributed by atoms with E-state index in [1.165, 1.54) is 16.7 Å². The van der Waals surface area contributed by atoms with Crippen molar-refractivity contribution in [3.8, 4) is 0 Å². The van der Waals surface area contributed by atoms with Gasteiger partial charge in [-0.15, -0.1) is 12.4 Å². The Morgan fingerprint density at radius 3 is 2.67 bits per heavy atom. The summed E-state index contributed by atoms with van der Waals surface area (Å²) in [5.74, 6) is 0.857. The van der Waals surface area contributed by atoms with Crippen LogP contribution in [0, 0.1) is 25.7 Å². The van der Waals surface area contributed by atoms with Crippen molar-refractivity contribution in [3.05, 3.63) is 34.9 Å². The molecule has 1 amide bonds. The van der Waals surface area contributed by atoms with Crippen LogP contribution in [0.25, 0.3) is 0 Å². The van der Waals surface area contributed by atoms with Crippen LogP contribution in [0.2, 0.25) is 0 Å². The molecule has 3 rings (SSSR count). The third kappa shape index (κ3) is 3.76. The first kappa shape index (κ1) is 19.2. The number of nitrogens with one attached hydrogen (secondary N) is 1. The average molecular weight is 353 g/mol. The van der Waals surface area contributed by atoms with Gasteiger partial charge in [-0.3, -0.25) is 4.79 Å². The molecular formula is C19H29ClN2O2. The first-order valence-corrected chi connectivity index (χ1v) is 8.67. The quantitative estimate of drug-likeness (QED) is 0.909. The number of halogens is 1. The van der Waals surface area contributed by atoms with Gasteiger partial charge in [0, 0.05) is 5.92 Å². The number of nitrogens with zero attached hydrogens (tertiary/aromatic N) is 1. The van der Waals surface area contributed by atoms with E-state index in [4.69, 9.17) is 4.74 Å². The first-order chi connectivity index (χ1) is 11.0. The Labute approximate surface area is 151 Å². The molecule has 24 heavy (non-hydrogen) atoms. The lowest BCUT2D eigenvalue weighted by atomic mass is 9.87. The Hall–Kier alpha value is -1.10. The van der Waals surface area contributed by atoms with E-state index in [-0.39, 0.29) is 36.4 Å². The number of carbonyl (C=O) groups excluding carboxylic acids is 1. The number of morpholine rings is 1. The molecule has 3 atom stereocenters. The summed E-state index contributed by atoms with van der Waals surface area (Å²) in [6.07, 6.45) is -0.0123. The van der Waals surface area contributed by atoms with Crippen LogP contribution in [0.15, 0.2) is 18.2 Å². The summed E-state index contributed by atoms with van der Waals surface area (Å²) in [5.41, 5.74) is 3.69. The molecule has 134 valence electrons. The molecule has 4 nitrogen and oxygen atoms in total. The molecule has 0 radical (unpaired) electrons. The number of carbonyl (C=O) groups is 1. The Kier molecular flexibility index (Phi) is 6.29. The normalized spacial score (nSPS) is 25.6. The predicted octanol–water partition coefficient (Wildman–Crippen LogP) is 2.87. The van der Waals surface area contributed by atoms with Crippen molar-refractivity contribution in [1.82, 2.24) is 10.2 Å². The highest BCUT2D eigenvalue weighted by molar-refractivity contribution is 5.85. The summed E-state index contributed by atoms with van der Waals surface area (Å²) in [5, 5.41) is 3.26. The van der Waals surface area contributed by atoms with Gasteiger partial charge in [0.15, 0.2) is 0 Å². The number of hydrogen-bond acceptors (Lipinski definition) is 3. The van der Waals surface area contributed by atoms with E-state index in [0.717, 1.165) is 13.1 Å². The van der Waals surface area contributed by atoms with Crippen LogP contribution in [0.5, 0.6) is 0 Å². The summed E-state index contributed by atoms with van der Waals surface area (Å²) >= 11 is 0. The van der Waals surface area contributed by atoms with Gasteiger partial charge in [0.2, 0.25) is 5.91 Å². The number of rotatable bonds is 3. The van der Waals surface area contributed by atoms with Gasteiger partial charge in [-0.25, -0.2) is 0 Å². The fourth-order valence-corrected chi connectivity index (χ4v) is 3.49. The lowest BCUT2D eigenvalue weighted by molar-refractivity contribution is -0.150. The van der Waals surface area contributed by atoms with E-state index in [1.807, 2.05) is 4.90 Å². The summed E-state index contributed by atoms with van der Waals surface area (Å²) in [4.78, 5) is 15.0. The summed E-state index contributed by atoms with van der Waals surface area (Å²) in [6.45, 7) is 11.6. The van der Waals surface area contributed by atoms with E-state index >= 15 is 0 Å². The van der Waals surface area contributed by atoms with Crippen molar-refractivity contribution in [1.29, 1.82) is 0 Å². The van der Waals surface area contributed by atoms with Crippen molar-refractivity contribution in [2.24, 2.45) is 11.8 Å². The summed E-state index contributed by atoms with van der Waals surface area (Å²) in [7, 11) is 0. The SMILES string of the molecule is Cc1ccc(C)c(C2CN(C(=O)C(C)C3CNC3)C(C)CO2)c1.Cl. The largest absolute Gasteiger partial charge is 0.370 e.